The van der Waals surface area contributed by atoms with E-state index < -0.39 is 34.6 Å². The summed E-state index contributed by atoms with van der Waals surface area (Å²) in [5.74, 6) is 0.314. The summed E-state index contributed by atoms with van der Waals surface area (Å²) >= 11 is 3.41. The third-order valence-electron chi connectivity index (χ3n) is 16.5. The van der Waals surface area contributed by atoms with Gasteiger partial charge in [0.1, 0.15) is 17.7 Å². The van der Waals surface area contributed by atoms with E-state index in [2.05, 4.69) is 195 Å². The van der Waals surface area contributed by atoms with E-state index in [9.17, 15) is 0 Å². The molecule has 0 radical (unpaired) electrons. The van der Waals surface area contributed by atoms with Crippen LogP contribution in [0.4, 0.5) is 0 Å². The first-order valence-corrected chi connectivity index (χ1v) is 33.6. The Labute approximate surface area is 478 Å². The molecule has 0 aliphatic carbocycles. The van der Waals surface area contributed by atoms with Gasteiger partial charge in [-0.05, 0) is 94.6 Å². The summed E-state index contributed by atoms with van der Waals surface area (Å²) in [5.41, 5.74) is 3.83. The number of halogens is 1. The van der Waals surface area contributed by atoms with Gasteiger partial charge in [0.2, 0.25) is 0 Å². The molecule has 1 aromatic heterocycles. The maximum Gasteiger partial charge on any atom is 0.262 e. The number of hydrogen-bond acceptors (Lipinski definition) is 11. The Bertz CT molecular complexity index is 2530. The zero-order chi connectivity index (χ0) is 56.9. The van der Waals surface area contributed by atoms with Crippen LogP contribution in [-0.2, 0) is 50.3 Å². The van der Waals surface area contributed by atoms with Crippen molar-refractivity contribution in [3.05, 3.63) is 149 Å². The molecule has 428 valence electrons. The van der Waals surface area contributed by atoms with Crippen molar-refractivity contribution < 1.29 is 46.4 Å². The SMILES string of the molecule is COc1ccc(CO[C@H]2[C@@H](C)[C@@H](CCO[Si](C)(C)C(C)(C)C)O[C@@H](/C(C)=C/c3coc(C[C@]4(OC)C[C@H](OC)C[C@H]([C@@H](/C=C(C)/C=C/[C@@H](C/C=C/Br)OC)O[Si](c5ccccc5)(c5ccccc5)C(C)(C)C)O4)n3)[C@@H]2C)cc1. The van der Waals surface area contributed by atoms with E-state index in [0.29, 0.717) is 37.6 Å². The summed E-state index contributed by atoms with van der Waals surface area (Å²) in [6.45, 7) is 28.2. The van der Waals surface area contributed by atoms with Crippen LogP contribution in [0, 0.1) is 11.8 Å². The van der Waals surface area contributed by atoms with Crippen LogP contribution >= 0.6 is 15.9 Å². The summed E-state index contributed by atoms with van der Waals surface area (Å²) in [5, 5.41) is 2.16. The van der Waals surface area contributed by atoms with Crippen molar-refractivity contribution in [1.82, 2.24) is 4.98 Å². The van der Waals surface area contributed by atoms with E-state index in [1.54, 1.807) is 34.7 Å². The molecule has 2 aliphatic heterocycles. The molecule has 2 fully saturated rings. The molecule has 78 heavy (non-hydrogen) atoms. The first-order chi connectivity index (χ1) is 37.0. The number of allylic oxidation sites excluding steroid dienone is 2. The lowest BCUT2D eigenvalue weighted by Gasteiger charge is -2.49. The smallest absolute Gasteiger partial charge is 0.262 e. The molecule has 0 N–H and O–H groups in total. The highest BCUT2D eigenvalue weighted by molar-refractivity contribution is 9.11. The van der Waals surface area contributed by atoms with E-state index in [-0.39, 0.29) is 58.9 Å². The average molecular weight is 1170 g/mol. The minimum atomic E-state index is -3.12. The highest BCUT2D eigenvalue weighted by Crippen LogP contribution is 2.43. The maximum absolute atomic E-state index is 7.96. The summed E-state index contributed by atoms with van der Waals surface area (Å²) in [6, 6.07) is 29.5. The Kier molecular flexibility index (Phi) is 23.0. The Morgan fingerprint density at radius 3 is 2.09 bits per heavy atom. The van der Waals surface area contributed by atoms with E-state index in [4.69, 9.17) is 51.4 Å². The van der Waals surface area contributed by atoms with Gasteiger partial charge in [-0.15, -0.1) is 0 Å². The highest BCUT2D eigenvalue weighted by Gasteiger charge is 2.54. The van der Waals surface area contributed by atoms with Crippen LogP contribution in [0.1, 0.15) is 112 Å². The number of oxazole rings is 1. The first kappa shape index (κ1) is 63.4. The molecule has 3 heterocycles. The minimum absolute atomic E-state index is 0.0405. The zero-order valence-corrected chi connectivity index (χ0v) is 53.3. The minimum Gasteiger partial charge on any atom is -0.497 e. The highest BCUT2D eigenvalue weighted by atomic mass is 79.9. The van der Waals surface area contributed by atoms with E-state index in [0.717, 1.165) is 35.3 Å². The fraction of sp³-hybridized carbons (Fsp3) is 0.547. The predicted molar refractivity (Wildman–Crippen MR) is 324 cm³/mol. The molecule has 0 amide bonds. The van der Waals surface area contributed by atoms with Crippen LogP contribution in [-0.4, -0.2) is 105 Å². The lowest BCUT2D eigenvalue weighted by molar-refractivity contribution is -0.297. The summed E-state index contributed by atoms with van der Waals surface area (Å²) < 4.78 is 66.3. The molecular formula is C64H92BrNO10Si2. The summed E-state index contributed by atoms with van der Waals surface area (Å²) in [4.78, 5) is 6.95. The van der Waals surface area contributed by atoms with Crippen molar-refractivity contribution in [2.75, 3.05) is 35.0 Å². The van der Waals surface area contributed by atoms with Gasteiger partial charge >= 0.3 is 0 Å². The number of ether oxygens (including phenoxy) is 7. The fourth-order valence-electron chi connectivity index (χ4n) is 10.9. The van der Waals surface area contributed by atoms with Crippen LogP contribution in [0.3, 0.4) is 0 Å². The van der Waals surface area contributed by atoms with Gasteiger partial charge in [-0.25, -0.2) is 4.98 Å². The number of nitrogens with zero attached hydrogens (tertiary/aromatic N) is 1. The summed E-state index contributed by atoms with van der Waals surface area (Å²) in [6.07, 6.45) is 13.3. The van der Waals surface area contributed by atoms with Crippen LogP contribution in [0.15, 0.2) is 136 Å². The van der Waals surface area contributed by atoms with Crippen molar-refractivity contribution >= 4 is 49.0 Å². The van der Waals surface area contributed by atoms with Crippen molar-refractivity contribution in [3.8, 4) is 5.75 Å². The van der Waals surface area contributed by atoms with Crippen molar-refractivity contribution in [2.45, 2.75) is 180 Å². The molecule has 2 aliphatic rings. The topological polar surface area (TPSA) is 109 Å². The van der Waals surface area contributed by atoms with Crippen molar-refractivity contribution in [3.63, 3.8) is 0 Å². The number of aromatic nitrogens is 1. The van der Waals surface area contributed by atoms with Gasteiger partial charge in [-0.2, -0.15) is 0 Å². The fourth-order valence-corrected chi connectivity index (χ4v) is 16.8. The van der Waals surface area contributed by atoms with Crippen LogP contribution in [0.5, 0.6) is 5.75 Å². The van der Waals surface area contributed by atoms with Gasteiger partial charge in [0.25, 0.3) is 8.32 Å². The van der Waals surface area contributed by atoms with E-state index in [1.807, 2.05) is 23.2 Å². The standard InChI is InChI=1S/C64H92BrNO10Si2/c1-45(29-32-51(67-11)24-23-36-65)38-58(76-78(63(8,9)10,54-25-19-17-20-26-54)55-27-21-18-22-28-55)57-40-53(69-13)41-64(70-14,75-57)42-59-66-50(44-71-59)39-46(2)60-48(4)61(72-43-49-30-33-52(68-12)34-31-49)47(3)56(74-60)35-37-73-77(15,16)62(5,6)7/h17-23,25-34,36,38-39,44,47-48,51,53,56-58,60-61H,24,35,37,40-43H2,1-16H3/b32-29+,36-23+,45-38+,46-39+/t47-,48-,51+,53+,56+,57+,58+,60-,61-,64-/m0/s1. The van der Waals surface area contributed by atoms with Gasteiger partial charge in [-0.3, -0.25) is 0 Å². The number of rotatable bonds is 25. The van der Waals surface area contributed by atoms with Crippen LogP contribution in [0.25, 0.3) is 6.08 Å². The molecular weight excluding hydrogens is 1080 g/mol. The second-order valence-electron chi connectivity index (χ2n) is 24.0. The zero-order valence-electron chi connectivity index (χ0n) is 49.7. The van der Waals surface area contributed by atoms with Crippen molar-refractivity contribution in [2.24, 2.45) is 11.8 Å². The average Bonchev–Trinajstić information content (AvgIpc) is 3.95. The number of hydrogen-bond donors (Lipinski definition) is 0. The molecule has 10 atom stereocenters. The van der Waals surface area contributed by atoms with E-state index in [1.165, 1.54) is 10.4 Å². The number of methoxy groups -OCH3 is 4. The predicted octanol–water partition coefficient (Wildman–Crippen LogP) is 14.0. The molecule has 0 bridgehead atoms. The Hall–Kier alpha value is -3.78. The Balaban J connectivity index is 1.32. The summed E-state index contributed by atoms with van der Waals surface area (Å²) in [7, 11) is 1.78. The van der Waals surface area contributed by atoms with Crippen molar-refractivity contribution in [1.29, 1.82) is 0 Å². The second-order valence-corrected chi connectivity index (χ2v) is 33.6. The lowest BCUT2D eigenvalue weighted by atomic mass is 9.79. The van der Waals surface area contributed by atoms with Crippen LogP contribution < -0.4 is 15.1 Å². The molecule has 0 spiro atoms. The van der Waals surface area contributed by atoms with Gasteiger partial charge in [0, 0.05) is 52.6 Å². The normalized spacial score (nSPS) is 25.0. The van der Waals surface area contributed by atoms with Gasteiger partial charge < -0.3 is 46.4 Å². The van der Waals surface area contributed by atoms with E-state index >= 15 is 0 Å². The molecule has 3 aromatic carbocycles. The van der Waals surface area contributed by atoms with Crippen LogP contribution in [0.2, 0.25) is 23.2 Å². The quantitative estimate of drug-likeness (QED) is 0.0467. The molecule has 0 saturated carbocycles. The molecule has 0 unspecified atom stereocenters. The third kappa shape index (κ3) is 16.0. The maximum atomic E-state index is 7.96. The molecule has 2 saturated heterocycles. The molecule has 4 aromatic rings. The lowest BCUT2D eigenvalue weighted by Crippen LogP contribution is -2.69. The Morgan fingerprint density at radius 1 is 0.872 bits per heavy atom. The largest absolute Gasteiger partial charge is 0.497 e. The third-order valence-corrected chi connectivity index (χ3v) is 26.4. The Morgan fingerprint density at radius 2 is 1.53 bits per heavy atom. The molecule has 14 heteroatoms. The second kappa shape index (κ2) is 28.3. The van der Waals surface area contributed by atoms with Gasteiger partial charge in [-0.1, -0.05) is 174 Å². The van der Waals surface area contributed by atoms with Gasteiger partial charge in [0.15, 0.2) is 20.0 Å². The molecule has 6 rings (SSSR count). The van der Waals surface area contributed by atoms with Gasteiger partial charge in [0.05, 0.1) is 62.9 Å². The number of benzene rings is 3. The molecule has 11 nitrogen and oxygen atoms in total. The monoisotopic (exact) mass is 1170 g/mol. The first-order valence-electron chi connectivity index (χ1n) is 27.9.